The van der Waals surface area contributed by atoms with Gasteiger partial charge in [-0.05, 0) is 30.9 Å². The molecule has 3 heteroatoms. The molecule has 3 nitrogen and oxygen atoms in total. The number of allylic oxidation sites excluding steroid dienone is 2. The highest BCUT2D eigenvalue weighted by Crippen LogP contribution is 2.19. The molecule has 1 aromatic rings. The monoisotopic (exact) mass is 245 g/mol. The minimum Gasteiger partial charge on any atom is -0.492 e. The quantitative estimate of drug-likeness (QED) is 0.618. The number of para-hydroxylation sites is 1. The van der Waals surface area contributed by atoms with Crippen molar-refractivity contribution in [3.63, 3.8) is 0 Å². The molecule has 96 valence electrons. The molecule has 1 atom stereocenters. The molecule has 0 heterocycles. The summed E-state index contributed by atoms with van der Waals surface area (Å²) < 4.78 is 5.50. The van der Waals surface area contributed by atoms with Crippen LogP contribution >= 0.6 is 0 Å². The van der Waals surface area contributed by atoms with Crippen molar-refractivity contribution in [1.82, 2.24) is 5.32 Å². The number of rotatable bonds is 6. The van der Waals surface area contributed by atoms with Gasteiger partial charge in [0.2, 0.25) is 5.91 Å². The summed E-state index contributed by atoms with van der Waals surface area (Å²) in [7, 11) is 0. The first-order chi connectivity index (χ1) is 8.84. The van der Waals surface area contributed by atoms with Gasteiger partial charge in [-0.3, -0.25) is 4.79 Å². The van der Waals surface area contributed by atoms with Crippen LogP contribution in [0.1, 0.15) is 19.3 Å². The summed E-state index contributed by atoms with van der Waals surface area (Å²) in [4.78, 5) is 11.6. The summed E-state index contributed by atoms with van der Waals surface area (Å²) in [6.45, 7) is 1.07. The Morgan fingerprint density at radius 1 is 1.33 bits per heavy atom. The highest BCUT2D eigenvalue weighted by Gasteiger charge is 2.13. The van der Waals surface area contributed by atoms with Crippen LogP contribution in [0, 0.1) is 5.92 Å². The molecule has 1 amide bonds. The molecule has 1 aliphatic carbocycles. The predicted octanol–water partition coefficient (Wildman–Crippen LogP) is 2.54. The molecule has 0 radical (unpaired) electrons. The Kier molecular flexibility index (Phi) is 4.82. The third-order valence-corrected chi connectivity index (χ3v) is 3.00. The van der Waals surface area contributed by atoms with Crippen molar-refractivity contribution < 1.29 is 9.53 Å². The number of carbonyl (C=O) groups is 1. The van der Waals surface area contributed by atoms with Gasteiger partial charge in [0.05, 0.1) is 6.54 Å². The van der Waals surface area contributed by atoms with E-state index in [1.54, 1.807) is 0 Å². The third-order valence-electron chi connectivity index (χ3n) is 3.00. The smallest absolute Gasteiger partial charge is 0.220 e. The Morgan fingerprint density at radius 3 is 2.89 bits per heavy atom. The Labute approximate surface area is 108 Å². The summed E-state index contributed by atoms with van der Waals surface area (Å²) >= 11 is 0. The molecule has 2 rings (SSSR count). The van der Waals surface area contributed by atoms with Gasteiger partial charge < -0.3 is 10.1 Å². The van der Waals surface area contributed by atoms with Gasteiger partial charge in [0, 0.05) is 6.42 Å². The maximum atomic E-state index is 11.6. The van der Waals surface area contributed by atoms with Crippen LogP contribution in [0.3, 0.4) is 0 Å². The van der Waals surface area contributed by atoms with E-state index in [1.165, 1.54) is 0 Å². The molecule has 1 N–H and O–H groups in total. The third kappa shape index (κ3) is 4.24. The molecule has 0 saturated heterocycles. The van der Waals surface area contributed by atoms with Crippen LogP contribution in [0.5, 0.6) is 5.75 Å². The van der Waals surface area contributed by atoms with Gasteiger partial charge in [-0.15, -0.1) is 0 Å². The van der Waals surface area contributed by atoms with Gasteiger partial charge in [0.15, 0.2) is 0 Å². The van der Waals surface area contributed by atoms with E-state index >= 15 is 0 Å². The first-order valence-corrected chi connectivity index (χ1v) is 6.46. The standard InChI is InChI=1S/C15H19NO2/c17-15(12-13-6-4-5-7-13)16-10-11-18-14-8-2-1-3-9-14/h1-4,6,8-9,13H,5,7,10-12H2,(H,16,17). The fraction of sp³-hybridized carbons (Fsp3) is 0.400. The van der Waals surface area contributed by atoms with Crippen molar-refractivity contribution in [3.8, 4) is 5.75 Å². The van der Waals surface area contributed by atoms with Gasteiger partial charge in [-0.1, -0.05) is 30.4 Å². The summed E-state index contributed by atoms with van der Waals surface area (Å²) in [5, 5.41) is 2.88. The second-order valence-electron chi connectivity index (χ2n) is 4.48. The minimum absolute atomic E-state index is 0.114. The maximum absolute atomic E-state index is 11.6. The van der Waals surface area contributed by atoms with E-state index in [9.17, 15) is 4.79 Å². The molecular formula is C15H19NO2. The van der Waals surface area contributed by atoms with Crippen LogP contribution in [-0.4, -0.2) is 19.1 Å². The molecule has 18 heavy (non-hydrogen) atoms. The zero-order valence-electron chi connectivity index (χ0n) is 10.5. The fourth-order valence-electron chi connectivity index (χ4n) is 2.05. The van der Waals surface area contributed by atoms with Crippen LogP contribution in [0.2, 0.25) is 0 Å². The normalized spacial score (nSPS) is 17.7. The second-order valence-corrected chi connectivity index (χ2v) is 4.48. The lowest BCUT2D eigenvalue weighted by molar-refractivity contribution is -0.121. The average molecular weight is 245 g/mol. The van der Waals surface area contributed by atoms with Gasteiger partial charge in [0.25, 0.3) is 0 Å². The largest absolute Gasteiger partial charge is 0.492 e. The predicted molar refractivity (Wildman–Crippen MR) is 71.4 cm³/mol. The van der Waals surface area contributed by atoms with Crippen molar-refractivity contribution >= 4 is 5.91 Å². The summed E-state index contributed by atoms with van der Waals surface area (Å²) in [5.74, 6) is 1.38. The lowest BCUT2D eigenvalue weighted by atomic mass is 10.1. The van der Waals surface area contributed by atoms with Crippen molar-refractivity contribution in [2.24, 2.45) is 5.92 Å². The van der Waals surface area contributed by atoms with E-state index in [2.05, 4.69) is 17.5 Å². The Bertz CT molecular complexity index is 400. The van der Waals surface area contributed by atoms with E-state index < -0.39 is 0 Å². The zero-order chi connectivity index (χ0) is 12.6. The van der Waals surface area contributed by atoms with E-state index in [0.29, 0.717) is 25.5 Å². The number of ether oxygens (including phenoxy) is 1. The molecule has 0 aromatic heterocycles. The van der Waals surface area contributed by atoms with Crippen molar-refractivity contribution in [1.29, 1.82) is 0 Å². The van der Waals surface area contributed by atoms with E-state index in [1.807, 2.05) is 30.3 Å². The number of benzene rings is 1. The van der Waals surface area contributed by atoms with Gasteiger partial charge >= 0.3 is 0 Å². The van der Waals surface area contributed by atoms with Crippen LogP contribution in [0.25, 0.3) is 0 Å². The molecule has 1 aliphatic rings. The van der Waals surface area contributed by atoms with Gasteiger partial charge in [-0.25, -0.2) is 0 Å². The number of nitrogens with one attached hydrogen (secondary N) is 1. The van der Waals surface area contributed by atoms with Crippen LogP contribution < -0.4 is 10.1 Å². The highest BCUT2D eigenvalue weighted by atomic mass is 16.5. The Balaban J connectivity index is 1.57. The van der Waals surface area contributed by atoms with Crippen LogP contribution in [0.4, 0.5) is 0 Å². The topological polar surface area (TPSA) is 38.3 Å². The highest BCUT2D eigenvalue weighted by molar-refractivity contribution is 5.76. The molecule has 0 bridgehead atoms. The lowest BCUT2D eigenvalue weighted by Crippen LogP contribution is -2.29. The summed E-state index contributed by atoms with van der Waals surface area (Å²) in [6, 6.07) is 9.63. The van der Waals surface area contributed by atoms with Crippen LogP contribution in [0.15, 0.2) is 42.5 Å². The zero-order valence-corrected chi connectivity index (χ0v) is 10.5. The van der Waals surface area contributed by atoms with Crippen LogP contribution in [-0.2, 0) is 4.79 Å². The molecule has 0 spiro atoms. The van der Waals surface area contributed by atoms with E-state index in [-0.39, 0.29) is 5.91 Å². The SMILES string of the molecule is O=C(CC1C=CCC1)NCCOc1ccccc1. The Hall–Kier alpha value is -1.77. The van der Waals surface area contributed by atoms with E-state index in [0.717, 1.165) is 18.6 Å². The summed E-state index contributed by atoms with van der Waals surface area (Å²) in [5.41, 5.74) is 0. The van der Waals surface area contributed by atoms with Crippen molar-refractivity contribution in [2.75, 3.05) is 13.2 Å². The van der Waals surface area contributed by atoms with Crippen molar-refractivity contribution in [3.05, 3.63) is 42.5 Å². The van der Waals surface area contributed by atoms with Crippen molar-refractivity contribution in [2.45, 2.75) is 19.3 Å². The average Bonchev–Trinajstić information content (AvgIpc) is 2.89. The number of hydrogen-bond donors (Lipinski definition) is 1. The molecule has 1 unspecified atom stereocenters. The summed E-state index contributed by atoms with van der Waals surface area (Å²) in [6.07, 6.45) is 7.10. The van der Waals surface area contributed by atoms with Gasteiger partial charge in [-0.2, -0.15) is 0 Å². The molecule has 0 fully saturated rings. The molecular weight excluding hydrogens is 226 g/mol. The molecule has 0 aliphatic heterocycles. The first-order valence-electron chi connectivity index (χ1n) is 6.46. The second kappa shape index (κ2) is 6.84. The number of amides is 1. The van der Waals surface area contributed by atoms with Gasteiger partial charge in [0.1, 0.15) is 12.4 Å². The number of carbonyl (C=O) groups excluding carboxylic acids is 1. The fourth-order valence-corrected chi connectivity index (χ4v) is 2.05. The lowest BCUT2D eigenvalue weighted by Gasteiger charge is -2.09. The molecule has 1 aromatic carbocycles. The minimum atomic E-state index is 0.114. The maximum Gasteiger partial charge on any atom is 0.220 e. The number of hydrogen-bond acceptors (Lipinski definition) is 2. The first kappa shape index (κ1) is 12.7. The molecule has 0 saturated carbocycles. The van der Waals surface area contributed by atoms with E-state index in [4.69, 9.17) is 4.74 Å². The Morgan fingerprint density at radius 2 is 2.17 bits per heavy atom.